The van der Waals surface area contributed by atoms with Crippen LogP contribution in [0.5, 0.6) is 11.5 Å². The third-order valence-electron chi connectivity index (χ3n) is 4.49. The molecule has 0 unspecified atom stereocenters. The Morgan fingerprint density at radius 2 is 1.96 bits per heavy atom. The number of Topliss-reactive ketones (excluding diaryl/α,β-unsaturated/α-hetero) is 1. The molecule has 1 aliphatic carbocycles. The lowest BCUT2D eigenvalue weighted by Gasteiger charge is -2.14. The Morgan fingerprint density at radius 3 is 2.76 bits per heavy atom. The van der Waals surface area contributed by atoms with E-state index in [0.717, 1.165) is 16.6 Å². The van der Waals surface area contributed by atoms with Gasteiger partial charge in [0.25, 0.3) is 0 Å². The zero-order valence-corrected chi connectivity index (χ0v) is 13.6. The number of ketones is 1. The van der Waals surface area contributed by atoms with E-state index in [1.54, 1.807) is 18.2 Å². The summed E-state index contributed by atoms with van der Waals surface area (Å²) >= 11 is 0. The van der Waals surface area contributed by atoms with E-state index >= 15 is 0 Å². The summed E-state index contributed by atoms with van der Waals surface area (Å²) in [5.74, 6) is 0.341. The van der Waals surface area contributed by atoms with Crippen molar-refractivity contribution in [3.63, 3.8) is 0 Å². The van der Waals surface area contributed by atoms with Crippen molar-refractivity contribution < 1.29 is 14.6 Å². The molecule has 0 bridgehead atoms. The standard InChI is InChI=1S/C19H16N2O4/c1-25-15-9-10(2-6-14(15)22)8-11-3-4-12-17-13(5-7-16(23)21-17)20-18(12)19(11)24/h2,5-9,20,22H,3-4H2,1H3,(H,21,23)/b11-8+. The zero-order valence-electron chi connectivity index (χ0n) is 13.6. The molecule has 25 heavy (non-hydrogen) atoms. The summed E-state index contributed by atoms with van der Waals surface area (Å²) in [5, 5.41) is 9.68. The second kappa shape index (κ2) is 5.66. The molecule has 0 fully saturated rings. The summed E-state index contributed by atoms with van der Waals surface area (Å²) in [6.45, 7) is 0. The highest BCUT2D eigenvalue weighted by Crippen LogP contribution is 2.32. The molecule has 126 valence electrons. The Hall–Kier alpha value is -3.28. The van der Waals surface area contributed by atoms with Gasteiger partial charge in [-0.05, 0) is 42.7 Å². The Kier molecular flexibility index (Phi) is 3.46. The molecule has 1 aromatic carbocycles. The number of benzene rings is 1. The number of hydrogen-bond donors (Lipinski definition) is 3. The first-order valence-electron chi connectivity index (χ1n) is 7.93. The van der Waals surface area contributed by atoms with E-state index in [4.69, 9.17) is 4.74 Å². The molecule has 6 heteroatoms. The van der Waals surface area contributed by atoms with Gasteiger partial charge in [0, 0.05) is 17.2 Å². The normalized spacial score (nSPS) is 15.6. The summed E-state index contributed by atoms with van der Waals surface area (Å²) in [6.07, 6.45) is 3.06. The van der Waals surface area contributed by atoms with Crippen molar-refractivity contribution in [2.45, 2.75) is 12.8 Å². The van der Waals surface area contributed by atoms with E-state index in [0.29, 0.717) is 35.4 Å². The quantitative estimate of drug-likeness (QED) is 0.627. The number of hydrogen-bond acceptors (Lipinski definition) is 4. The molecular formula is C19H16N2O4. The number of fused-ring (bicyclic) bond motifs is 3. The highest BCUT2D eigenvalue weighted by Gasteiger charge is 2.26. The summed E-state index contributed by atoms with van der Waals surface area (Å²) in [7, 11) is 1.48. The number of phenolic OH excluding ortho intramolecular Hbond substituents is 1. The van der Waals surface area contributed by atoms with Crippen LogP contribution in [0.3, 0.4) is 0 Å². The topological polar surface area (TPSA) is 95.2 Å². The van der Waals surface area contributed by atoms with Gasteiger partial charge in [0.1, 0.15) is 0 Å². The Morgan fingerprint density at radius 1 is 1.12 bits per heavy atom. The Balaban J connectivity index is 1.77. The van der Waals surface area contributed by atoms with Crippen molar-refractivity contribution in [3.8, 4) is 11.5 Å². The van der Waals surface area contributed by atoms with Crippen LogP contribution in [0.25, 0.3) is 17.1 Å². The molecule has 4 rings (SSSR count). The van der Waals surface area contributed by atoms with Crippen LogP contribution in [0.15, 0.2) is 40.7 Å². The number of aromatic amines is 2. The van der Waals surface area contributed by atoms with E-state index < -0.39 is 0 Å². The number of rotatable bonds is 2. The van der Waals surface area contributed by atoms with Crippen molar-refractivity contribution in [2.75, 3.05) is 7.11 Å². The molecule has 0 aliphatic heterocycles. The lowest BCUT2D eigenvalue weighted by Crippen LogP contribution is -2.14. The number of phenols is 1. The fourth-order valence-corrected chi connectivity index (χ4v) is 3.25. The van der Waals surface area contributed by atoms with Crippen molar-refractivity contribution in [3.05, 3.63) is 63.1 Å². The number of allylic oxidation sites excluding steroid dienone is 1. The number of H-pyrrole nitrogens is 2. The van der Waals surface area contributed by atoms with Gasteiger partial charge in [0.2, 0.25) is 11.3 Å². The van der Waals surface area contributed by atoms with Crippen LogP contribution >= 0.6 is 0 Å². The minimum absolute atomic E-state index is 0.0569. The minimum atomic E-state index is -0.181. The molecule has 0 saturated carbocycles. The van der Waals surface area contributed by atoms with E-state index in [2.05, 4.69) is 9.97 Å². The average Bonchev–Trinajstić information content (AvgIpc) is 2.97. The fourth-order valence-electron chi connectivity index (χ4n) is 3.25. The third-order valence-corrected chi connectivity index (χ3v) is 4.49. The summed E-state index contributed by atoms with van der Waals surface area (Å²) in [4.78, 5) is 30.3. The first-order valence-corrected chi connectivity index (χ1v) is 7.93. The van der Waals surface area contributed by atoms with Crippen LogP contribution in [0.1, 0.15) is 28.0 Å². The van der Waals surface area contributed by atoms with Crippen LogP contribution in [-0.2, 0) is 6.42 Å². The number of aromatic nitrogens is 2. The van der Waals surface area contributed by atoms with E-state index in [1.165, 1.54) is 19.2 Å². The van der Waals surface area contributed by atoms with Crippen molar-refractivity contribution in [1.82, 2.24) is 9.97 Å². The number of nitrogens with one attached hydrogen (secondary N) is 2. The molecular weight excluding hydrogens is 320 g/mol. The maximum atomic E-state index is 12.8. The first-order chi connectivity index (χ1) is 12.1. The van der Waals surface area contributed by atoms with Gasteiger partial charge in [-0.25, -0.2) is 0 Å². The molecule has 0 radical (unpaired) electrons. The molecule has 3 N–H and O–H groups in total. The van der Waals surface area contributed by atoms with Crippen molar-refractivity contribution in [2.24, 2.45) is 0 Å². The molecule has 6 nitrogen and oxygen atoms in total. The van der Waals surface area contributed by atoms with Gasteiger partial charge in [-0.2, -0.15) is 0 Å². The van der Waals surface area contributed by atoms with Crippen LogP contribution in [0, 0.1) is 0 Å². The van der Waals surface area contributed by atoms with Gasteiger partial charge in [-0.3, -0.25) is 9.59 Å². The summed E-state index contributed by atoms with van der Waals surface area (Å²) < 4.78 is 5.10. The maximum absolute atomic E-state index is 12.8. The van der Waals surface area contributed by atoms with Crippen LogP contribution in [0.4, 0.5) is 0 Å². The van der Waals surface area contributed by atoms with Crippen LogP contribution in [0.2, 0.25) is 0 Å². The van der Waals surface area contributed by atoms with Crippen LogP contribution in [-0.4, -0.2) is 28.0 Å². The molecule has 0 saturated heterocycles. The monoisotopic (exact) mass is 336 g/mol. The second-order valence-corrected chi connectivity index (χ2v) is 6.02. The minimum Gasteiger partial charge on any atom is -0.504 e. The predicted molar refractivity (Wildman–Crippen MR) is 94.2 cm³/mol. The number of carbonyl (C=O) groups is 1. The highest BCUT2D eigenvalue weighted by atomic mass is 16.5. The smallest absolute Gasteiger partial charge is 0.248 e. The van der Waals surface area contributed by atoms with E-state index in [9.17, 15) is 14.7 Å². The zero-order chi connectivity index (χ0) is 17.6. The van der Waals surface area contributed by atoms with Gasteiger partial charge in [-0.15, -0.1) is 0 Å². The molecule has 3 aromatic rings. The number of carbonyl (C=O) groups excluding carboxylic acids is 1. The lowest BCUT2D eigenvalue weighted by atomic mass is 9.90. The molecule has 0 spiro atoms. The Labute approximate surface area is 142 Å². The van der Waals surface area contributed by atoms with Crippen LogP contribution < -0.4 is 10.3 Å². The van der Waals surface area contributed by atoms with Gasteiger partial charge in [0.15, 0.2) is 11.5 Å². The predicted octanol–water partition coefficient (Wildman–Crippen LogP) is 2.78. The van der Waals surface area contributed by atoms with Gasteiger partial charge in [0.05, 0.1) is 23.8 Å². The van der Waals surface area contributed by atoms with E-state index in [-0.39, 0.29) is 17.1 Å². The molecule has 0 amide bonds. The van der Waals surface area contributed by atoms with Gasteiger partial charge in [-0.1, -0.05) is 6.07 Å². The first kappa shape index (κ1) is 15.3. The van der Waals surface area contributed by atoms with Crippen molar-refractivity contribution in [1.29, 1.82) is 0 Å². The van der Waals surface area contributed by atoms with Crippen molar-refractivity contribution >= 4 is 22.9 Å². The highest BCUT2D eigenvalue weighted by molar-refractivity contribution is 6.14. The van der Waals surface area contributed by atoms with Gasteiger partial charge >= 0.3 is 0 Å². The number of ether oxygens (including phenoxy) is 1. The fraction of sp³-hybridized carbons (Fsp3) is 0.158. The number of aryl methyl sites for hydroxylation is 1. The molecule has 1 aliphatic rings. The molecule has 0 atom stereocenters. The average molecular weight is 336 g/mol. The largest absolute Gasteiger partial charge is 0.504 e. The summed E-state index contributed by atoms with van der Waals surface area (Å²) in [6, 6.07) is 8.09. The van der Waals surface area contributed by atoms with Gasteiger partial charge < -0.3 is 19.8 Å². The second-order valence-electron chi connectivity index (χ2n) is 6.02. The molecule has 2 heterocycles. The number of methoxy groups -OCH3 is 1. The molecule has 2 aromatic heterocycles. The number of pyridine rings is 1. The third kappa shape index (κ3) is 2.52. The Bertz CT molecular complexity index is 1090. The van der Waals surface area contributed by atoms with E-state index in [1.807, 2.05) is 6.08 Å². The maximum Gasteiger partial charge on any atom is 0.248 e. The lowest BCUT2D eigenvalue weighted by molar-refractivity contribution is 0.102. The SMILES string of the molecule is COc1cc(/C=C2\CCc3c([nH]c4ccc(=O)[nH]c34)C2=O)ccc1O. The number of aromatic hydroxyl groups is 1. The summed E-state index contributed by atoms with van der Waals surface area (Å²) in [5.41, 5.74) is 4.13.